The van der Waals surface area contributed by atoms with Crippen molar-refractivity contribution in [2.24, 2.45) is 5.73 Å². The highest BCUT2D eigenvalue weighted by Crippen LogP contribution is 2.15. The quantitative estimate of drug-likeness (QED) is 0.819. The molecule has 2 N–H and O–H groups in total. The lowest BCUT2D eigenvalue weighted by Gasteiger charge is -2.19. The summed E-state index contributed by atoms with van der Waals surface area (Å²) in [6.45, 7) is 5.76. The molecule has 96 valence electrons. The van der Waals surface area contributed by atoms with Gasteiger partial charge in [-0.05, 0) is 18.4 Å². The van der Waals surface area contributed by atoms with Crippen LogP contribution >= 0.6 is 12.4 Å². The molecule has 2 heterocycles. The van der Waals surface area contributed by atoms with E-state index in [9.17, 15) is 4.79 Å². The molecule has 1 unspecified atom stereocenters. The van der Waals surface area contributed by atoms with Crippen molar-refractivity contribution in [3.8, 4) is 0 Å². The van der Waals surface area contributed by atoms with E-state index >= 15 is 0 Å². The Morgan fingerprint density at radius 3 is 2.76 bits per heavy atom. The van der Waals surface area contributed by atoms with Crippen molar-refractivity contribution in [3.05, 3.63) is 17.5 Å². The third-order valence-electron chi connectivity index (χ3n) is 2.92. The summed E-state index contributed by atoms with van der Waals surface area (Å²) >= 11 is 0. The van der Waals surface area contributed by atoms with Crippen LogP contribution in [0.25, 0.3) is 0 Å². The Labute approximate surface area is 107 Å². The van der Waals surface area contributed by atoms with E-state index in [2.05, 4.69) is 18.9 Å². The largest absolute Gasteiger partial charge is 0.326 e. The van der Waals surface area contributed by atoms with Crippen molar-refractivity contribution in [1.82, 2.24) is 9.89 Å². The molecule has 1 aliphatic heterocycles. The van der Waals surface area contributed by atoms with E-state index in [1.54, 1.807) is 4.79 Å². The first-order valence-corrected chi connectivity index (χ1v) is 5.67. The van der Waals surface area contributed by atoms with Gasteiger partial charge in [-0.15, -0.1) is 12.4 Å². The average Bonchev–Trinajstić information content (AvgIpc) is 2.82. The minimum Gasteiger partial charge on any atom is -0.326 e. The van der Waals surface area contributed by atoms with Crippen molar-refractivity contribution in [3.63, 3.8) is 0 Å². The molecule has 2 rings (SSSR count). The van der Waals surface area contributed by atoms with Crippen LogP contribution in [0.2, 0.25) is 0 Å². The molecule has 0 radical (unpaired) electrons. The molecule has 0 spiro atoms. The van der Waals surface area contributed by atoms with Gasteiger partial charge in [0.25, 0.3) is 0 Å². The number of carbonyl (C=O) groups excluding carboxylic acids is 1. The van der Waals surface area contributed by atoms with Gasteiger partial charge in [0.1, 0.15) is 5.69 Å². The molecule has 0 bridgehead atoms. The van der Waals surface area contributed by atoms with E-state index in [-0.39, 0.29) is 18.4 Å². The molecular weight excluding hydrogens is 240 g/mol. The third-order valence-corrected chi connectivity index (χ3v) is 2.92. The lowest BCUT2D eigenvalue weighted by atomic mass is 10.1. The van der Waals surface area contributed by atoms with Gasteiger partial charge in [-0.2, -0.15) is 9.89 Å². The summed E-state index contributed by atoms with van der Waals surface area (Å²) in [7, 11) is 0. The molecule has 1 aromatic heterocycles. The van der Waals surface area contributed by atoms with Crippen LogP contribution in [0, 0.1) is 0 Å². The van der Waals surface area contributed by atoms with Gasteiger partial charge in [-0.1, -0.05) is 13.8 Å². The molecule has 0 aromatic carbocycles. The van der Waals surface area contributed by atoms with Crippen LogP contribution in [0.15, 0.2) is 6.07 Å². The summed E-state index contributed by atoms with van der Waals surface area (Å²) in [5, 5.41) is 6.48. The SMILES string of the molecule is CC(C)c1cc(C=O)n(N2CCC(N)C2)n1.Cl. The summed E-state index contributed by atoms with van der Waals surface area (Å²) in [6, 6.07) is 2.04. The van der Waals surface area contributed by atoms with Crippen molar-refractivity contribution in [2.45, 2.75) is 32.2 Å². The molecule has 1 atom stereocenters. The Morgan fingerprint density at radius 1 is 1.59 bits per heavy atom. The zero-order valence-electron chi connectivity index (χ0n) is 10.2. The molecule has 0 saturated carbocycles. The van der Waals surface area contributed by atoms with Gasteiger partial charge in [-0.25, -0.2) is 0 Å². The lowest BCUT2D eigenvalue weighted by molar-refractivity contribution is 0.111. The number of nitrogens with two attached hydrogens (primary N) is 1. The summed E-state index contributed by atoms with van der Waals surface area (Å²) in [5.41, 5.74) is 7.41. The molecule has 1 saturated heterocycles. The number of aromatic nitrogens is 2. The van der Waals surface area contributed by atoms with E-state index in [0.717, 1.165) is 31.5 Å². The van der Waals surface area contributed by atoms with Crippen LogP contribution in [0.5, 0.6) is 0 Å². The first-order chi connectivity index (χ1) is 7.61. The molecule has 1 aromatic rings. The Balaban J connectivity index is 0.00000144. The monoisotopic (exact) mass is 258 g/mol. The van der Waals surface area contributed by atoms with Crippen molar-refractivity contribution < 1.29 is 4.79 Å². The molecule has 6 heteroatoms. The standard InChI is InChI=1S/C11H18N4O.ClH/c1-8(2)11-5-10(7-16)15(13-11)14-4-3-9(12)6-14;/h5,7-9H,3-4,6,12H2,1-2H3;1H. The van der Waals surface area contributed by atoms with Gasteiger partial charge in [0.15, 0.2) is 6.29 Å². The first-order valence-electron chi connectivity index (χ1n) is 5.67. The van der Waals surface area contributed by atoms with Crippen molar-refractivity contribution >= 4 is 18.7 Å². The zero-order valence-corrected chi connectivity index (χ0v) is 11.0. The normalized spacial score (nSPS) is 19.5. The van der Waals surface area contributed by atoms with Gasteiger partial charge in [0.05, 0.1) is 12.2 Å². The minimum atomic E-state index is 0. The summed E-state index contributed by atoms with van der Waals surface area (Å²) in [6.07, 6.45) is 1.80. The Kier molecular flexibility index (Phi) is 4.54. The van der Waals surface area contributed by atoms with E-state index in [1.807, 2.05) is 11.1 Å². The Bertz CT molecular complexity index is 391. The molecule has 17 heavy (non-hydrogen) atoms. The number of halogens is 1. The number of carbonyl (C=O) groups is 1. The van der Waals surface area contributed by atoms with Crippen LogP contribution in [0.4, 0.5) is 0 Å². The topological polar surface area (TPSA) is 64.2 Å². The van der Waals surface area contributed by atoms with Crippen LogP contribution in [0.3, 0.4) is 0 Å². The molecule has 1 aliphatic rings. The molecule has 5 nitrogen and oxygen atoms in total. The van der Waals surface area contributed by atoms with Gasteiger partial charge in [0, 0.05) is 12.6 Å². The number of aldehydes is 1. The molecular formula is C11H19ClN4O. The Hall–Kier alpha value is -1.07. The second-order valence-electron chi connectivity index (χ2n) is 4.62. The van der Waals surface area contributed by atoms with Crippen LogP contribution in [-0.2, 0) is 0 Å². The van der Waals surface area contributed by atoms with Crippen LogP contribution < -0.4 is 10.7 Å². The minimum absolute atomic E-state index is 0. The van der Waals surface area contributed by atoms with E-state index in [4.69, 9.17) is 5.73 Å². The highest BCUT2D eigenvalue weighted by Gasteiger charge is 2.22. The smallest absolute Gasteiger partial charge is 0.170 e. The van der Waals surface area contributed by atoms with Crippen LogP contribution in [-0.4, -0.2) is 35.3 Å². The molecule has 0 aliphatic carbocycles. The summed E-state index contributed by atoms with van der Waals surface area (Å²) in [4.78, 5) is 12.7. The highest BCUT2D eigenvalue weighted by atomic mass is 35.5. The molecule has 1 fully saturated rings. The number of rotatable bonds is 3. The number of hydrogen-bond donors (Lipinski definition) is 1. The number of nitrogens with zero attached hydrogens (tertiary/aromatic N) is 3. The fourth-order valence-corrected chi connectivity index (χ4v) is 1.94. The predicted molar refractivity (Wildman–Crippen MR) is 69.5 cm³/mol. The fraction of sp³-hybridized carbons (Fsp3) is 0.636. The maximum atomic E-state index is 11.0. The van der Waals surface area contributed by atoms with Gasteiger partial charge >= 0.3 is 0 Å². The first kappa shape index (κ1) is 14.0. The van der Waals surface area contributed by atoms with Crippen molar-refractivity contribution in [1.29, 1.82) is 0 Å². The maximum absolute atomic E-state index is 11.0. The lowest BCUT2D eigenvalue weighted by Crippen LogP contribution is -2.37. The van der Waals surface area contributed by atoms with Gasteiger partial charge in [-0.3, -0.25) is 9.80 Å². The predicted octanol–water partition coefficient (Wildman–Crippen LogP) is 0.910. The third kappa shape index (κ3) is 2.79. The second kappa shape index (κ2) is 5.51. The maximum Gasteiger partial charge on any atom is 0.170 e. The second-order valence-corrected chi connectivity index (χ2v) is 4.62. The average molecular weight is 259 g/mol. The van der Waals surface area contributed by atoms with Gasteiger partial charge in [0.2, 0.25) is 0 Å². The van der Waals surface area contributed by atoms with E-state index in [0.29, 0.717) is 11.6 Å². The Morgan fingerprint density at radius 2 is 2.29 bits per heavy atom. The summed E-state index contributed by atoms with van der Waals surface area (Å²) < 4.78 is 0. The zero-order chi connectivity index (χ0) is 11.7. The van der Waals surface area contributed by atoms with E-state index < -0.39 is 0 Å². The fourth-order valence-electron chi connectivity index (χ4n) is 1.94. The van der Waals surface area contributed by atoms with Gasteiger partial charge < -0.3 is 5.73 Å². The van der Waals surface area contributed by atoms with Crippen LogP contribution in [0.1, 0.15) is 42.4 Å². The number of hydrogen-bond acceptors (Lipinski definition) is 4. The molecule has 0 amide bonds. The summed E-state index contributed by atoms with van der Waals surface area (Å²) in [5.74, 6) is 0.330. The van der Waals surface area contributed by atoms with E-state index in [1.165, 1.54) is 0 Å². The van der Waals surface area contributed by atoms with Crippen molar-refractivity contribution in [2.75, 3.05) is 18.1 Å². The highest BCUT2D eigenvalue weighted by molar-refractivity contribution is 5.85.